The molecular weight excluding hydrogens is 307 g/mol. The van der Waals surface area contributed by atoms with Crippen LogP contribution in [0, 0.1) is 0 Å². The first-order chi connectivity index (χ1) is 10.8. The monoisotopic (exact) mass is 329 g/mol. The van der Waals surface area contributed by atoms with Gasteiger partial charge >= 0.3 is 6.18 Å². The first kappa shape index (κ1) is 17.6. The molecule has 23 heavy (non-hydrogen) atoms. The van der Waals surface area contributed by atoms with Crippen LogP contribution in [0.1, 0.15) is 19.4 Å². The van der Waals surface area contributed by atoms with E-state index in [1.54, 1.807) is 6.07 Å². The van der Waals surface area contributed by atoms with Crippen molar-refractivity contribution in [3.05, 3.63) is 29.8 Å². The second kappa shape index (κ2) is 7.21. The van der Waals surface area contributed by atoms with Crippen molar-refractivity contribution in [1.29, 1.82) is 0 Å². The van der Waals surface area contributed by atoms with Gasteiger partial charge in [0.25, 0.3) is 0 Å². The van der Waals surface area contributed by atoms with Gasteiger partial charge in [0.05, 0.1) is 12.1 Å². The van der Waals surface area contributed by atoms with Gasteiger partial charge in [0.2, 0.25) is 5.91 Å². The number of hydrogen-bond acceptors (Lipinski definition) is 3. The molecule has 0 saturated carbocycles. The van der Waals surface area contributed by atoms with Gasteiger partial charge in [-0.1, -0.05) is 6.07 Å². The van der Waals surface area contributed by atoms with Crippen LogP contribution in [0.3, 0.4) is 0 Å². The SMILES string of the molecule is CC(C)NC(=O)CN1CCN(c2cccc(C(F)(F)F)c2)CC1. The number of nitrogens with zero attached hydrogens (tertiary/aromatic N) is 2. The Bertz CT molecular complexity index is 538. The van der Waals surface area contributed by atoms with Crippen molar-refractivity contribution in [2.24, 2.45) is 0 Å². The van der Waals surface area contributed by atoms with Crippen LogP contribution in [0.5, 0.6) is 0 Å². The zero-order valence-electron chi connectivity index (χ0n) is 13.4. The summed E-state index contributed by atoms with van der Waals surface area (Å²) in [5.41, 5.74) is -0.0557. The summed E-state index contributed by atoms with van der Waals surface area (Å²) in [4.78, 5) is 15.7. The molecule has 128 valence electrons. The molecule has 0 radical (unpaired) electrons. The number of piperazine rings is 1. The van der Waals surface area contributed by atoms with Gasteiger partial charge in [-0.3, -0.25) is 9.69 Å². The fourth-order valence-electron chi connectivity index (χ4n) is 2.61. The van der Waals surface area contributed by atoms with Crippen LogP contribution in [0.25, 0.3) is 0 Å². The van der Waals surface area contributed by atoms with E-state index < -0.39 is 11.7 Å². The highest BCUT2D eigenvalue weighted by atomic mass is 19.4. The minimum Gasteiger partial charge on any atom is -0.369 e. The van der Waals surface area contributed by atoms with E-state index in [2.05, 4.69) is 5.32 Å². The van der Waals surface area contributed by atoms with Crippen LogP contribution in [-0.2, 0) is 11.0 Å². The maximum Gasteiger partial charge on any atom is 0.416 e. The molecule has 1 heterocycles. The highest BCUT2D eigenvalue weighted by Crippen LogP contribution is 2.31. The normalized spacial score (nSPS) is 16.7. The molecule has 1 N–H and O–H groups in total. The fourth-order valence-corrected chi connectivity index (χ4v) is 2.61. The van der Waals surface area contributed by atoms with E-state index in [0.29, 0.717) is 38.4 Å². The van der Waals surface area contributed by atoms with Gasteiger partial charge in [0.1, 0.15) is 0 Å². The number of benzene rings is 1. The summed E-state index contributed by atoms with van der Waals surface area (Å²) < 4.78 is 38.3. The Morgan fingerprint density at radius 3 is 2.43 bits per heavy atom. The lowest BCUT2D eigenvalue weighted by atomic mass is 10.1. The highest BCUT2D eigenvalue weighted by Gasteiger charge is 2.31. The minimum absolute atomic E-state index is 0.0208. The van der Waals surface area contributed by atoms with Gasteiger partial charge < -0.3 is 10.2 Å². The molecule has 0 unspecified atom stereocenters. The molecule has 1 fully saturated rings. The summed E-state index contributed by atoms with van der Waals surface area (Å²) in [5, 5.41) is 2.84. The Kier molecular flexibility index (Phi) is 5.51. The number of carbonyl (C=O) groups is 1. The first-order valence-electron chi connectivity index (χ1n) is 7.69. The Hall–Kier alpha value is -1.76. The van der Waals surface area contributed by atoms with E-state index in [0.717, 1.165) is 6.07 Å². The third kappa shape index (κ3) is 5.13. The Labute approximate surface area is 134 Å². The molecule has 1 aliphatic heterocycles. The number of anilines is 1. The Morgan fingerprint density at radius 2 is 1.87 bits per heavy atom. The molecule has 1 amide bonds. The third-order valence-electron chi connectivity index (χ3n) is 3.73. The molecule has 0 atom stereocenters. The molecular formula is C16H22F3N3O. The summed E-state index contributed by atoms with van der Waals surface area (Å²) in [7, 11) is 0. The van der Waals surface area contributed by atoms with Crippen LogP contribution in [0.15, 0.2) is 24.3 Å². The summed E-state index contributed by atoms with van der Waals surface area (Å²) >= 11 is 0. The minimum atomic E-state index is -4.33. The molecule has 4 nitrogen and oxygen atoms in total. The van der Waals surface area contributed by atoms with E-state index in [4.69, 9.17) is 0 Å². The molecule has 1 saturated heterocycles. The summed E-state index contributed by atoms with van der Waals surface area (Å²) in [6.07, 6.45) is -4.33. The van der Waals surface area contributed by atoms with Gasteiger partial charge in [0.15, 0.2) is 0 Å². The van der Waals surface area contributed by atoms with Crippen molar-refractivity contribution in [3.63, 3.8) is 0 Å². The number of alkyl halides is 3. The smallest absolute Gasteiger partial charge is 0.369 e. The largest absolute Gasteiger partial charge is 0.416 e. The van der Waals surface area contributed by atoms with Crippen molar-refractivity contribution in [2.45, 2.75) is 26.1 Å². The van der Waals surface area contributed by atoms with Crippen LogP contribution < -0.4 is 10.2 Å². The van der Waals surface area contributed by atoms with Crippen LogP contribution in [-0.4, -0.2) is 49.6 Å². The van der Waals surface area contributed by atoms with E-state index in [9.17, 15) is 18.0 Å². The van der Waals surface area contributed by atoms with Gasteiger partial charge in [-0.15, -0.1) is 0 Å². The second-order valence-electron chi connectivity index (χ2n) is 6.03. The van der Waals surface area contributed by atoms with Crippen molar-refractivity contribution < 1.29 is 18.0 Å². The van der Waals surface area contributed by atoms with Gasteiger partial charge in [-0.2, -0.15) is 13.2 Å². The number of amides is 1. The third-order valence-corrected chi connectivity index (χ3v) is 3.73. The quantitative estimate of drug-likeness (QED) is 0.921. The lowest BCUT2D eigenvalue weighted by Crippen LogP contribution is -2.50. The average molecular weight is 329 g/mol. The van der Waals surface area contributed by atoms with Crippen molar-refractivity contribution in [3.8, 4) is 0 Å². The molecule has 0 bridgehead atoms. The number of hydrogen-bond donors (Lipinski definition) is 1. The van der Waals surface area contributed by atoms with Crippen molar-refractivity contribution >= 4 is 11.6 Å². The Balaban J connectivity index is 1.91. The number of rotatable bonds is 4. The number of halogens is 3. The van der Waals surface area contributed by atoms with Gasteiger partial charge in [0, 0.05) is 37.9 Å². The summed E-state index contributed by atoms with van der Waals surface area (Å²) in [6.45, 7) is 6.66. The first-order valence-corrected chi connectivity index (χ1v) is 7.69. The van der Waals surface area contributed by atoms with E-state index in [-0.39, 0.29) is 11.9 Å². The summed E-state index contributed by atoms with van der Waals surface area (Å²) in [5.74, 6) is -0.0208. The second-order valence-corrected chi connectivity index (χ2v) is 6.03. The van der Waals surface area contributed by atoms with Crippen LogP contribution >= 0.6 is 0 Å². The lowest BCUT2D eigenvalue weighted by Gasteiger charge is -2.36. The molecule has 7 heteroatoms. The molecule has 0 aromatic heterocycles. The van der Waals surface area contributed by atoms with Gasteiger partial charge in [-0.25, -0.2) is 0 Å². The van der Waals surface area contributed by atoms with E-state index in [1.165, 1.54) is 12.1 Å². The topological polar surface area (TPSA) is 35.6 Å². The molecule has 0 spiro atoms. The zero-order valence-corrected chi connectivity index (χ0v) is 13.4. The average Bonchev–Trinajstić information content (AvgIpc) is 2.46. The molecule has 0 aliphatic carbocycles. The molecule has 1 aromatic carbocycles. The molecule has 1 aromatic rings. The summed E-state index contributed by atoms with van der Waals surface area (Å²) in [6, 6.07) is 5.49. The standard InChI is InChI=1S/C16H22F3N3O/c1-12(2)20-15(23)11-21-6-8-22(9-7-21)14-5-3-4-13(10-14)16(17,18)19/h3-5,10,12H,6-9,11H2,1-2H3,(H,20,23). The zero-order chi connectivity index (χ0) is 17.0. The number of carbonyl (C=O) groups excluding carboxylic acids is 1. The molecule has 1 aliphatic rings. The van der Waals surface area contributed by atoms with E-state index >= 15 is 0 Å². The van der Waals surface area contributed by atoms with Gasteiger partial charge in [-0.05, 0) is 32.0 Å². The highest BCUT2D eigenvalue weighted by molar-refractivity contribution is 5.78. The Morgan fingerprint density at radius 1 is 1.22 bits per heavy atom. The van der Waals surface area contributed by atoms with Crippen LogP contribution in [0.4, 0.5) is 18.9 Å². The van der Waals surface area contributed by atoms with E-state index in [1.807, 2.05) is 23.6 Å². The van der Waals surface area contributed by atoms with Crippen LogP contribution in [0.2, 0.25) is 0 Å². The maximum absolute atomic E-state index is 12.8. The fraction of sp³-hybridized carbons (Fsp3) is 0.562. The predicted molar refractivity (Wildman–Crippen MR) is 83.4 cm³/mol. The van der Waals surface area contributed by atoms with Crippen molar-refractivity contribution in [1.82, 2.24) is 10.2 Å². The maximum atomic E-state index is 12.8. The molecule has 2 rings (SSSR count). The van der Waals surface area contributed by atoms with Crippen molar-refractivity contribution in [2.75, 3.05) is 37.6 Å². The predicted octanol–water partition coefficient (Wildman–Crippen LogP) is 2.35. The number of nitrogens with one attached hydrogen (secondary N) is 1. The lowest BCUT2D eigenvalue weighted by molar-refractivity contribution is -0.137.